The van der Waals surface area contributed by atoms with Crippen LogP contribution in [0.4, 0.5) is 0 Å². The van der Waals surface area contributed by atoms with Crippen molar-refractivity contribution in [1.82, 2.24) is 9.80 Å². The Morgan fingerprint density at radius 2 is 2.00 bits per heavy atom. The van der Waals surface area contributed by atoms with Crippen molar-refractivity contribution in [3.05, 3.63) is 0 Å². The molecule has 0 spiro atoms. The average molecular weight is 216 g/mol. The lowest BCUT2D eigenvalue weighted by Crippen LogP contribution is -2.44. The Morgan fingerprint density at radius 1 is 1.21 bits per heavy atom. The molecular formula is C10H20N2OS. The Kier molecular flexibility index (Phi) is 4.10. The maximum absolute atomic E-state index is 5.37. The monoisotopic (exact) mass is 216 g/mol. The number of hydrogen-bond donors (Lipinski definition) is 1. The van der Waals surface area contributed by atoms with E-state index in [4.69, 9.17) is 4.74 Å². The summed E-state index contributed by atoms with van der Waals surface area (Å²) in [7, 11) is 0. The molecule has 0 aliphatic carbocycles. The molecule has 1 unspecified atom stereocenters. The van der Waals surface area contributed by atoms with Crippen LogP contribution in [0.15, 0.2) is 0 Å². The van der Waals surface area contributed by atoms with Gasteiger partial charge in [0.15, 0.2) is 0 Å². The van der Waals surface area contributed by atoms with Gasteiger partial charge >= 0.3 is 0 Å². The van der Waals surface area contributed by atoms with Crippen molar-refractivity contribution in [2.45, 2.75) is 12.5 Å². The van der Waals surface area contributed by atoms with Gasteiger partial charge in [0.05, 0.1) is 13.2 Å². The smallest absolute Gasteiger partial charge is 0.0594 e. The van der Waals surface area contributed by atoms with Crippen molar-refractivity contribution in [1.29, 1.82) is 0 Å². The molecule has 2 saturated heterocycles. The molecule has 0 N–H and O–H groups in total. The molecule has 0 aromatic rings. The lowest BCUT2D eigenvalue weighted by molar-refractivity contribution is 0.0186. The van der Waals surface area contributed by atoms with Crippen LogP contribution in [-0.4, -0.2) is 67.5 Å². The SMILES string of the molecule is SCCN1CCC(N2CCOCC2)C1. The minimum atomic E-state index is 0.777. The summed E-state index contributed by atoms with van der Waals surface area (Å²) in [6.45, 7) is 7.72. The van der Waals surface area contributed by atoms with Gasteiger partial charge < -0.3 is 9.64 Å². The highest BCUT2D eigenvalue weighted by atomic mass is 32.1. The Hall–Kier alpha value is 0.230. The zero-order valence-electron chi connectivity index (χ0n) is 8.69. The summed E-state index contributed by atoms with van der Waals surface area (Å²) in [5.74, 6) is 0.982. The first-order valence-electron chi connectivity index (χ1n) is 5.55. The Bertz CT molecular complexity index is 174. The van der Waals surface area contributed by atoms with Gasteiger partial charge in [0.2, 0.25) is 0 Å². The third-order valence-corrected chi connectivity index (χ3v) is 3.43. The lowest BCUT2D eigenvalue weighted by atomic mass is 10.2. The molecule has 0 aromatic heterocycles. The molecule has 3 nitrogen and oxygen atoms in total. The number of likely N-dealkylation sites (tertiary alicyclic amines) is 1. The highest BCUT2D eigenvalue weighted by Crippen LogP contribution is 2.16. The van der Waals surface area contributed by atoms with Gasteiger partial charge in [-0.3, -0.25) is 4.90 Å². The van der Waals surface area contributed by atoms with E-state index in [2.05, 4.69) is 22.4 Å². The van der Waals surface area contributed by atoms with Crippen LogP contribution < -0.4 is 0 Å². The Balaban J connectivity index is 1.76. The first-order chi connectivity index (χ1) is 6.90. The van der Waals surface area contributed by atoms with Gasteiger partial charge in [0.25, 0.3) is 0 Å². The maximum Gasteiger partial charge on any atom is 0.0594 e. The number of nitrogens with zero attached hydrogens (tertiary/aromatic N) is 2. The van der Waals surface area contributed by atoms with Crippen LogP contribution in [0.1, 0.15) is 6.42 Å². The fourth-order valence-corrected chi connectivity index (χ4v) is 2.68. The summed E-state index contributed by atoms with van der Waals surface area (Å²) in [4.78, 5) is 5.11. The molecule has 0 saturated carbocycles. The predicted molar refractivity (Wildman–Crippen MR) is 61.1 cm³/mol. The molecular weight excluding hydrogens is 196 g/mol. The van der Waals surface area contributed by atoms with Gasteiger partial charge in [-0.05, 0) is 13.0 Å². The van der Waals surface area contributed by atoms with Crippen molar-refractivity contribution in [2.75, 3.05) is 51.7 Å². The van der Waals surface area contributed by atoms with E-state index in [0.717, 1.165) is 44.6 Å². The number of thiol groups is 1. The van der Waals surface area contributed by atoms with Crippen molar-refractivity contribution in [3.8, 4) is 0 Å². The fourth-order valence-electron chi connectivity index (χ4n) is 2.40. The van der Waals surface area contributed by atoms with Gasteiger partial charge in [-0.15, -0.1) is 0 Å². The van der Waals surface area contributed by atoms with Gasteiger partial charge in [-0.25, -0.2) is 0 Å². The first kappa shape index (κ1) is 10.7. The van der Waals surface area contributed by atoms with E-state index >= 15 is 0 Å². The number of hydrogen-bond acceptors (Lipinski definition) is 4. The van der Waals surface area contributed by atoms with Crippen molar-refractivity contribution >= 4 is 12.6 Å². The predicted octanol–water partition coefficient (Wildman–Crippen LogP) is 0.323. The van der Waals surface area contributed by atoms with Gasteiger partial charge in [-0.2, -0.15) is 12.6 Å². The van der Waals surface area contributed by atoms with Gasteiger partial charge in [-0.1, -0.05) is 0 Å². The molecule has 2 heterocycles. The van der Waals surface area contributed by atoms with Crippen LogP contribution in [0, 0.1) is 0 Å². The summed E-state index contributed by atoms with van der Waals surface area (Å²) >= 11 is 4.28. The second kappa shape index (κ2) is 5.35. The highest BCUT2D eigenvalue weighted by Gasteiger charge is 2.27. The van der Waals surface area contributed by atoms with Gasteiger partial charge in [0, 0.05) is 38.0 Å². The first-order valence-corrected chi connectivity index (χ1v) is 6.18. The topological polar surface area (TPSA) is 15.7 Å². The van der Waals surface area contributed by atoms with Crippen LogP contribution in [0.25, 0.3) is 0 Å². The quantitative estimate of drug-likeness (QED) is 0.684. The molecule has 2 rings (SSSR count). The van der Waals surface area contributed by atoms with E-state index in [1.807, 2.05) is 0 Å². The molecule has 4 heteroatoms. The van der Waals surface area contributed by atoms with Crippen LogP contribution in [0.2, 0.25) is 0 Å². The number of morpholine rings is 1. The normalized spacial score (nSPS) is 31.1. The molecule has 2 aliphatic rings. The van der Waals surface area contributed by atoms with Gasteiger partial charge in [0.1, 0.15) is 0 Å². The molecule has 0 radical (unpaired) electrons. The third kappa shape index (κ3) is 2.63. The van der Waals surface area contributed by atoms with Crippen molar-refractivity contribution < 1.29 is 4.74 Å². The Morgan fingerprint density at radius 3 is 2.71 bits per heavy atom. The highest BCUT2D eigenvalue weighted by molar-refractivity contribution is 7.80. The van der Waals surface area contributed by atoms with E-state index in [-0.39, 0.29) is 0 Å². The van der Waals surface area contributed by atoms with E-state index < -0.39 is 0 Å². The molecule has 2 aliphatic heterocycles. The second-order valence-electron chi connectivity index (χ2n) is 4.12. The average Bonchev–Trinajstić information content (AvgIpc) is 2.68. The van der Waals surface area contributed by atoms with Crippen LogP contribution in [0.3, 0.4) is 0 Å². The Labute approximate surface area is 91.8 Å². The van der Waals surface area contributed by atoms with E-state index in [0.29, 0.717) is 0 Å². The maximum atomic E-state index is 5.37. The number of ether oxygens (including phenoxy) is 1. The summed E-state index contributed by atoms with van der Waals surface area (Å²) in [6, 6.07) is 0.777. The van der Waals surface area contributed by atoms with Crippen molar-refractivity contribution in [2.24, 2.45) is 0 Å². The fraction of sp³-hybridized carbons (Fsp3) is 1.00. The molecule has 0 aromatic carbocycles. The summed E-state index contributed by atoms with van der Waals surface area (Å²) < 4.78 is 5.37. The molecule has 0 bridgehead atoms. The molecule has 2 fully saturated rings. The molecule has 1 atom stereocenters. The second-order valence-corrected chi connectivity index (χ2v) is 4.56. The summed E-state index contributed by atoms with van der Waals surface area (Å²) in [6.07, 6.45) is 1.33. The third-order valence-electron chi connectivity index (χ3n) is 3.23. The molecule has 82 valence electrons. The summed E-state index contributed by atoms with van der Waals surface area (Å²) in [5.41, 5.74) is 0. The van der Waals surface area contributed by atoms with E-state index in [1.165, 1.54) is 19.5 Å². The zero-order chi connectivity index (χ0) is 9.80. The lowest BCUT2D eigenvalue weighted by Gasteiger charge is -2.32. The van der Waals surface area contributed by atoms with E-state index in [1.54, 1.807) is 0 Å². The van der Waals surface area contributed by atoms with Crippen LogP contribution in [-0.2, 0) is 4.74 Å². The molecule has 14 heavy (non-hydrogen) atoms. The standard InChI is InChI=1S/C10H20N2OS/c14-8-5-11-2-1-10(9-11)12-3-6-13-7-4-12/h10,14H,1-9H2. The minimum absolute atomic E-state index is 0.777. The molecule has 0 amide bonds. The van der Waals surface area contributed by atoms with Crippen LogP contribution in [0.5, 0.6) is 0 Å². The van der Waals surface area contributed by atoms with Crippen molar-refractivity contribution in [3.63, 3.8) is 0 Å². The summed E-state index contributed by atoms with van der Waals surface area (Å²) in [5, 5.41) is 0. The number of rotatable bonds is 3. The largest absolute Gasteiger partial charge is 0.379 e. The van der Waals surface area contributed by atoms with E-state index in [9.17, 15) is 0 Å². The van der Waals surface area contributed by atoms with Crippen LogP contribution >= 0.6 is 12.6 Å². The zero-order valence-corrected chi connectivity index (χ0v) is 9.59. The minimum Gasteiger partial charge on any atom is -0.379 e.